The summed E-state index contributed by atoms with van der Waals surface area (Å²) in [6.07, 6.45) is 0. The zero-order chi connectivity index (χ0) is 5.98. The van der Waals surface area contributed by atoms with Gasteiger partial charge in [-0.1, -0.05) is 17.7 Å². The van der Waals surface area contributed by atoms with E-state index in [-0.39, 0.29) is 26.1 Å². The summed E-state index contributed by atoms with van der Waals surface area (Å²) < 4.78 is 12.1. The van der Waals surface area contributed by atoms with Crippen molar-refractivity contribution in [2.45, 2.75) is 0 Å². The Morgan fingerprint density at radius 1 is 1.44 bits per heavy atom. The Labute approximate surface area is 71.7 Å². The van der Waals surface area contributed by atoms with Crippen molar-refractivity contribution in [3.63, 3.8) is 0 Å². The van der Waals surface area contributed by atoms with Gasteiger partial charge >= 0.3 is 18.9 Å². The number of hydrogen-bond acceptors (Lipinski definition) is 0. The van der Waals surface area contributed by atoms with Gasteiger partial charge < -0.3 is 1.43 Å². The van der Waals surface area contributed by atoms with Crippen LogP contribution in [0.25, 0.3) is 0 Å². The van der Waals surface area contributed by atoms with E-state index in [4.69, 9.17) is 11.6 Å². The van der Waals surface area contributed by atoms with Crippen LogP contribution in [0.5, 0.6) is 0 Å². The smallest absolute Gasteiger partial charge is 1.00 e. The van der Waals surface area contributed by atoms with Crippen LogP contribution in [0.2, 0.25) is 5.02 Å². The van der Waals surface area contributed by atoms with Crippen LogP contribution in [0.15, 0.2) is 24.3 Å². The van der Waals surface area contributed by atoms with E-state index in [9.17, 15) is 4.39 Å². The Morgan fingerprint density at radius 2 is 2.11 bits per heavy atom. The molecule has 0 spiro atoms. The minimum absolute atomic E-state index is 0. The zero-order valence-corrected chi connectivity index (χ0v) is 5.82. The van der Waals surface area contributed by atoms with Crippen molar-refractivity contribution in [3.05, 3.63) is 35.1 Å². The summed E-state index contributed by atoms with van der Waals surface area (Å²) >= 11 is 5.40. The normalized spacial score (nSPS) is 8.22. The van der Waals surface area contributed by atoms with E-state index in [1.807, 2.05) is 0 Å². The van der Waals surface area contributed by atoms with Gasteiger partial charge in [0, 0.05) is 5.02 Å². The third kappa shape index (κ3) is 2.91. The summed E-state index contributed by atoms with van der Waals surface area (Å²) in [7, 11) is 0. The Bertz CT molecular complexity index is 178. The van der Waals surface area contributed by atoms with Gasteiger partial charge in [0.15, 0.2) is 0 Å². The largest absolute Gasteiger partial charge is 1.00 e. The van der Waals surface area contributed by atoms with Crippen molar-refractivity contribution >= 4 is 11.6 Å². The summed E-state index contributed by atoms with van der Waals surface area (Å²) in [5.41, 5.74) is 0. The second-order valence-corrected chi connectivity index (χ2v) is 1.88. The fraction of sp³-hybridized carbons (Fsp3) is 0. The predicted molar refractivity (Wildman–Crippen MR) is 32.5 cm³/mol. The molecule has 0 radical (unpaired) electrons. The second kappa shape index (κ2) is 3.95. The van der Waals surface area contributed by atoms with Gasteiger partial charge in [-0.15, -0.1) is 0 Å². The van der Waals surface area contributed by atoms with Crippen molar-refractivity contribution in [1.29, 1.82) is 0 Å². The number of benzene rings is 1. The van der Waals surface area contributed by atoms with Crippen molar-refractivity contribution in [1.82, 2.24) is 0 Å². The van der Waals surface area contributed by atoms with Crippen LogP contribution in [0.4, 0.5) is 4.39 Å². The third-order valence-electron chi connectivity index (χ3n) is 0.787. The van der Waals surface area contributed by atoms with E-state index in [2.05, 4.69) is 0 Å². The number of rotatable bonds is 0. The van der Waals surface area contributed by atoms with E-state index in [0.717, 1.165) is 0 Å². The monoisotopic (exact) mass is 138 g/mol. The number of halogens is 2. The summed E-state index contributed by atoms with van der Waals surface area (Å²) in [5, 5.41) is 0.435. The molecule has 0 aliphatic carbocycles. The Balaban J connectivity index is 0. The van der Waals surface area contributed by atoms with Gasteiger partial charge in [-0.05, 0) is 18.2 Å². The summed E-state index contributed by atoms with van der Waals surface area (Å²) in [6, 6.07) is 5.82. The Kier molecular flexibility index (Phi) is 3.97. The molecule has 0 amide bonds. The molecular weight excluding hydrogens is 133 g/mol. The average Bonchev–Trinajstić information content (AvgIpc) is 1.64. The minimum atomic E-state index is -0.294. The maximum absolute atomic E-state index is 12.1. The molecule has 0 bridgehead atoms. The molecule has 0 aliphatic rings. The molecule has 0 atom stereocenters. The molecule has 0 saturated carbocycles. The summed E-state index contributed by atoms with van der Waals surface area (Å²) in [5.74, 6) is -0.294. The van der Waals surface area contributed by atoms with Gasteiger partial charge in [0.2, 0.25) is 0 Å². The van der Waals surface area contributed by atoms with Gasteiger partial charge in [-0.3, -0.25) is 0 Å². The molecule has 0 aliphatic heterocycles. The molecule has 1 aromatic rings. The van der Waals surface area contributed by atoms with Crippen molar-refractivity contribution in [3.8, 4) is 0 Å². The third-order valence-corrected chi connectivity index (χ3v) is 1.02. The van der Waals surface area contributed by atoms with Gasteiger partial charge in [-0.2, -0.15) is 0 Å². The molecule has 0 nitrogen and oxygen atoms in total. The van der Waals surface area contributed by atoms with Crippen LogP contribution in [0.1, 0.15) is 1.43 Å². The van der Waals surface area contributed by atoms with Gasteiger partial charge in [0.1, 0.15) is 5.82 Å². The van der Waals surface area contributed by atoms with E-state index >= 15 is 0 Å². The van der Waals surface area contributed by atoms with Crippen molar-refractivity contribution in [2.24, 2.45) is 0 Å². The zero-order valence-electron chi connectivity index (χ0n) is 6.07. The van der Waals surface area contributed by atoms with E-state index < -0.39 is 0 Å². The van der Waals surface area contributed by atoms with Crippen LogP contribution in [-0.4, -0.2) is 0 Å². The molecule has 0 fully saturated rings. The van der Waals surface area contributed by atoms with Crippen molar-refractivity contribution in [2.75, 3.05) is 0 Å². The maximum Gasteiger partial charge on any atom is 1.00 e. The summed E-state index contributed by atoms with van der Waals surface area (Å²) in [6.45, 7) is 0. The average molecular weight is 138 g/mol. The van der Waals surface area contributed by atoms with E-state index in [1.165, 1.54) is 12.1 Å². The Morgan fingerprint density at radius 3 is 2.44 bits per heavy atom. The molecule has 0 unspecified atom stereocenters. The Hall–Kier alpha value is 0.0374. The standard InChI is InChI=1S/C6H4ClF.Li.H/c7-5-2-1-3-6(8)4-5;;/h1-4H;;/q;+1;-1. The fourth-order valence-corrected chi connectivity index (χ4v) is 0.637. The van der Waals surface area contributed by atoms with Crippen LogP contribution >= 0.6 is 11.6 Å². The topological polar surface area (TPSA) is 0 Å². The molecule has 9 heavy (non-hydrogen) atoms. The summed E-state index contributed by atoms with van der Waals surface area (Å²) in [4.78, 5) is 0. The molecule has 0 aromatic heterocycles. The molecule has 1 rings (SSSR count). The van der Waals surface area contributed by atoms with Crippen LogP contribution < -0.4 is 18.9 Å². The van der Waals surface area contributed by atoms with Crippen LogP contribution in [0, 0.1) is 5.82 Å². The molecule has 0 heterocycles. The van der Waals surface area contributed by atoms with Crippen LogP contribution in [0.3, 0.4) is 0 Å². The molecule has 0 saturated heterocycles. The van der Waals surface area contributed by atoms with E-state index in [0.29, 0.717) is 5.02 Å². The molecule has 3 heteroatoms. The quantitative estimate of drug-likeness (QED) is 0.428. The first-order valence-corrected chi connectivity index (χ1v) is 2.58. The van der Waals surface area contributed by atoms with Gasteiger partial charge in [-0.25, -0.2) is 4.39 Å². The second-order valence-electron chi connectivity index (χ2n) is 1.44. The van der Waals surface area contributed by atoms with E-state index in [1.54, 1.807) is 12.1 Å². The first-order valence-electron chi connectivity index (χ1n) is 2.20. The molecule has 0 N–H and O–H groups in total. The first kappa shape index (κ1) is 9.04. The maximum atomic E-state index is 12.1. The number of hydrogen-bond donors (Lipinski definition) is 0. The fourth-order valence-electron chi connectivity index (χ4n) is 0.460. The molecule has 1 aromatic carbocycles. The van der Waals surface area contributed by atoms with Crippen LogP contribution in [-0.2, 0) is 0 Å². The predicted octanol–water partition coefficient (Wildman–Crippen LogP) is -0.404. The SMILES string of the molecule is Fc1cccc(Cl)c1.[H-].[Li+]. The first-order chi connectivity index (χ1) is 3.79. The molecule has 44 valence electrons. The van der Waals surface area contributed by atoms with Crippen molar-refractivity contribution < 1.29 is 24.7 Å². The minimum Gasteiger partial charge on any atom is -1.00 e. The van der Waals surface area contributed by atoms with Gasteiger partial charge in [0.25, 0.3) is 0 Å². The molecular formula is C6H5ClFLi. The van der Waals surface area contributed by atoms with Gasteiger partial charge in [0.05, 0.1) is 0 Å².